The van der Waals surface area contributed by atoms with Crippen LogP contribution >= 0.6 is 0 Å². The zero-order valence-electron chi connectivity index (χ0n) is 10.5. The van der Waals surface area contributed by atoms with Crippen molar-refractivity contribution < 1.29 is 0 Å². The second-order valence-corrected chi connectivity index (χ2v) is 4.43. The molecule has 0 radical (unpaired) electrons. The third-order valence-electron chi connectivity index (χ3n) is 3.16. The van der Waals surface area contributed by atoms with E-state index in [1.165, 1.54) is 0 Å². The van der Waals surface area contributed by atoms with Crippen molar-refractivity contribution in [1.82, 2.24) is 0 Å². The first-order chi connectivity index (χ1) is 8.75. The first-order valence-electron chi connectivity index (χ1n) is 6.05. The molecule has 0 saturated carbocycles. The van der Waals surface area contributed by atoms with Crippen molar-refractivity contribution in [1.29, 1.82) is 0 Å². The number of fused-ring (bicyclic) bond motifs is 2. The quantitative estimate of drug-likeness (QED) is 0.650. The van der Waals surface area contributed by atoms with Crippen LogP contribution in [0.1, 0.15) is 25.0 Å². The average molecular weight is 234 g/mol. The second-order valence-electron chi connectivity index (χ2n) is 4.43. The molecule has 0 atom stereocenters. The van der Waals surface area contributed by atoms with Crippen molar-refractivity contribution in [3.8, 4) is 0 Å². The van der Waals surface area contributed by atoms with Crippen LogP contribution in [0.15, 0.2) is 58.5 Å². The van der Waals surface area contributed by atoms with Crippen molar-refractivity contribution in [2.75, 3.05) is 0 Å². The van der Waals surface area contributed by atoms with E-state index < -0.39 is 0 Å². The van der Waals surface area contributed by atoms with Crippen LogP contribution in [0, 0.1) is 0 Å². The topological polar surface area (TPSA) is 24.7 Å². The Bertz CT molecular complexity index is 608. The van der Waals surface area contributed by atoms with Gasteiger partial charge in [-0.1, -0.05) is 36.4 Å². The van der Waals surface area contributed by atoms with Gasteiger partial charge in [-0.2, -0.15) is 0 Å². The lowest BCUT2D eigenvalue weighted by Crippen LogP contribution is -2.06. The van der Waals surface area contributed by atoms with Gasteiger partial charge in [-0.15, -0.1) is 0 Å². The van der Waals surface area contributed by atoms with Gasteiger partial charge in [0.25, 0.3) is 0 Å². The molecule has 0 unspecified atom stereocenters. The normalized spacial score (nSPS) is 19.4. The molecule has 0 N–H and O–H groups in total. The van der Waals surface area contributed by atoms with Gasteiger partial charge in [0.05, 0.1) is 11.4 Å². The van der Waals surface area contributed by atoms with Gasteiger partial charge < -0.3 is 0 Å². The van der Waals surface area contributed by atoms with Crippen molar-refractivity contribution in [2.45, 2.75) is 13.8 Å². The standard InChI is InChI=1S/C16H14N2/c1-11-13-7-3-4-8-14(13)12(2)18-16-10-6-5-9-15(16)17-11/h3-10H,1-2H3/b13-11?,14-12?,17-11-,17-15?,18-12-,18-16?. The van der Waals surface area contributed by atoms with Crippen LogP contribution in [-0.2, 0) is 0 Å². The SMILES string of the molecule is C/C1=N/c2ccccc2/N=C(/C)c2ccccc21. The largest absolute Gasteiger partial charge is 0.251 e. The Labute approximate surface area is 107 Å². The van der Waals surface area contributed by atoms with Crippen LogP contribution in [0.5, 0.6) is 0 Å². The van der Waals surface area contributed by atoms with Crippen LogP contribution in [0.3, 0.4) is 0 Å². The summed E-state index contributed by atoms with van der Waals surface area (Å²) < 4.78 is 0. The Balaban J connectivity index is 2.31. The van der Waals surface area contributed by atoms with Gasteiger partial charge in [0.1, 0.15) is 0 Å². The summed E-state index contributed by atoms with van der Waals surface area (Å²) in [5.41, 5.74) is 6.26. The van der Waals surface area contributed by atoms with E-state index in [1.807, 2.05) is 50.2 Å². The molecule has 2 aromatic carbocycles. The van der Waals surface area contributed by atoms with Gasteiger partial charge in [0.15, 0.2) is 0 Å². The summed E-state index contributed by atoms with van der Waals surface area (Å²) in [6.07, 6.45) is 0. The summed E-state index contributed by atoms with van der Waals surface area (Å²) in [6, 6.07) is 16.3. The molecule has 0 amide bonds. The highest BCUT2D eigenvalue weighted by Gasteiger charge is 2.12. The fourth-order valence-electron chi connectivity index (χ4n) is 2.25. The molecule has 0 spiro atoms. The van der Waals surface area contributed by atoms with E-state index in [-0.39, 0.29) is 0 Å². The highest BCUT2D eigenvalue weighted by molar-refractivity contribution is 6.13. The maximum atomic E-state index is 4.68. The van der Waals surface area contributed by atoms with Gasteiger partial charge in [0.2, 0.25) is 0 Å². The van der Waals surface area contributed by atoms with Gasteiger partial charge in [-0.3, -0.25) is 9.98 Å². The van der Waals surface area contributed by atoms with E-state index in [9.17, 15) is 0 Å². The molecule has 2 aromatic rings. The van der Waals surface area contributed by atoms with Gasteiger partial charge in [0, 0.05) is 22.6 Å². The first kappa shape index (κ1) is 10.9. The van der Waals surface area contributed by atoms with Crippen molar-refractivity contribution in [3.05, 3.63) is 59.7 Å². The zero-order chi connectivity index (χ0) is 12.5. The number of benzene rings is 2. The van der Waals surface area contributed by atoms with E-state index >= 15 is 0 Å². The molecule has 18 heavy (non-hydrogen) atoms. The van der Waals surface area contributed by atoms with Gasteiger partial charge in [-0.05, 0) is 26.0 Å². The zero-order valence-corrected chi connectivity index (χ0v) is 10.5. The van der Waals surface area contributed by atoms with Crippen molar-refractivity contribution >= 4 is 22.8 Å². The molecule has 1 aliphatic rings. The predicted octanol–water partition coefficient (Wildman–Crippen LogP) is 4.28. The minimum atomic E-state index is 0.934. The summed E-state index contributed by atoms with van der Waals surface area (Å²) in [5.74, 6) is 0. The molecule has 0 aromatic heterocycles. The monoisotopic (exact) mass is 234 g/mol. The van der Waals surface area contributed by atoms with Crippen molar-refractivity contribution in [2.24, 2.45) is 9.98 Å². The summed E-state index contributed by atoms with van der Waals surface area (Å²) in [7, 11) is 0. The number of hydrogen-bond donors (Lipinski definition) is 0. The number of rotatable bonds is 0. The molecule has 88 valence electrons. The molecule has 1 heterocycles. The Morgan fingerprint density at radius 2 is 1.00 bits per heavy atom. The van der Waals surface area contributed by atoms with Crippen LogP contribution < -0.4 is 0 Å². The van der Waals surface area contributed by atoms with E-state index in [0.717, 1.165) is 33.9 Å². The molecule has 0 bridgehead atoms. The summed E-state index contributed by atoms with van der Waals surface area (Å²) in [6.45, 7) is 4.10. The summed E-state index contributed by atoms with van der Waals surface area (Å²) >= 11 is 0. The van der Waals surface area contributed by atoms with E-state index in [0.29, 0.717) is 0 Å². The molecule has 3 rings (SSSR count). The van der Waals surface area contributed by atoms with Crippen LogP contribution in [0.2, 0.25) is 0 Å². The summed E-state index contributed by atoms with van der Waals surface area (Å²) in [4.78, 5) is 9.37. The number of aliphatic imine (C=N–C) groups is 2. The Kier molecular flexibility index (Phi) is 2.56. The van der Waals surface area contributed by atoms with E-state index in [1.54, 1.807) is 0 Å². The van der Waals surface area contributed by atoms with Crippen LogP contribution in [-0.4, -0.2) is 11.4 Å². The molecule has 0 saturated heterocycles. The Hall–Kier alpha value is -2.22. The van der Waals surface area contributed by atoms with Crippen LogP contribution in [0.25, 0.3) is 0 Å². The maximum Gasteiger partial charge on any atom is 0.0889 e. The molecule has 2 nitrogen and oxygen atoms in total. The fraction of sp³-hybridized carbons (Fsp3) is 0.125. The molecule has 0 fully saturated rings. The highest BCUT2D eigenvalue weighted by atomic mass is 14.8. The van der Waals surface area contributed by atoms with Crippen LogP contribution in [0.4, 0.5) is 11.4 Å². The van der Waals surface area contributed by atoms with Gasteiger partial charge in [-0.25, -0.2) is 0 Å². The lowest BCUT2D eigenvalue weighted by atomic mass is 9.99. The van der Waals surface area contributed by atoms with Crippen molar-refractivity contribution in [3.63, 3.8) is 0 Å². The fourth-order valence-corrected chi connectivity index (χ4v) is 2.25. The third kappa shape index (κ3) is 1.76. The van der Waals surface area contributed by atoms with E-state index in [4.69, 9.17) is 0 Å². The molecule has 2 heteroatoms. The summed E-state index contributed by atoms with van der Waals surface area (Å²) in [5, 5.41) is 0. The van der Waals surface area contributed by atoms with Gasteiger partial charge >= 0.3 is 0 Å². The molecule has 1 aliphatic heterocycles. The Morgan fingerprint density at radius 3 is 1.44 bits per heavy atom. The first-order valence-corrected chi connectivity index (χ1v) is 6.05. The molecule has 0 aliphatic carbocycles. The predicted molar refractivity (Wildman–Crippen MR) is 76.6 cm³/mol. The highest BCUT2D eigenvalue weighted by Crippen LogP contribution is 2.31. The number of nitrogens with zero attached hydrogens (tertiary/aromatic N) is 2. The molecular weight excluding hydrogens is 220 g/mol. The van der Waals surface area contributed by atoms with E-state index in [2.05, 4.69) is 22.1 Å². The minimum Gasteiger partial charge on any atom is -0.251 e. The maximum absolute atomic E-state index is 4.68. The lowest BCUT2D eigenvalue weighted by Gasteiger charge is -2.13. The second kappa shape index (κ2) is 4.22. The lowest BCUT2D eigenvalue weighted by molar-refractivity contribution is 1.38. The third-order valence-corrected chi connectivity index (χ3v) is 3.16. The number of para-hydroxylation sites is 2. The average Bonchev–Trinajstić information content (AvgIpc) is 2.39. The smallest absolute Gasteiger partial charge is 0.0889 e. The number of hydrogen-bond acceptors (Lipinski definition) is 2. The Morgan fingerprint density at radius 1 is 0.611 bits per heavy atom. The molecular formula is C16H14N2. The minimum absolute atomic E-state index is 0.934.